The second-order valence-electron chi connectivity index (χ2n) is 5.87. The topological polar surface area (TPSA) is 59.2 Å². The van der Waals surface area contributed by atoms with Crippen LogP contribution in [0.3, 0.4) is 0 Å². The van der Waals surface area contributed by atoms with Crippen LogP contribution in [0.1, 0.15) is 29.5 Å². The molecule has 0 aliphatic rings. The molecule has 0 atom stereocenters. The first-order valence-corrected chi connectivity index (χ1v) is 9.56. The summed E-state index contributed by atoms with van der Waals surface area (Å²) in [5.74, 6) is -0.0110. The molecule has 0 fully saturated rings. The highest BCUT2D eigenvalue weighted by Crippen LogP contribution is 2.31. The number of alkyl halides is 2. The van der Waals surface area contributed by atoms with Crippen molar-refractivity contribution in [3.8, 4) is 0 Å². The molecule has 0 saturated carbocycles. The summed E-state index contributed by atoms with van der Waals surface area (Å²) < 4.78 is 31.6. The minimum atomic E-state index is -2.60. The van der Waals surface area contributed by atoms with Crippen molar-refractivity contribution in [3.63, 3.8) is 0 Å². The van der Waals surface area contributed by atoms with E-state index in [1.54, 1.807) is 30.6 Å². The van der Waals surface area contributed by atoms with E-state index >= 15 is 0 Å². The summed E-state index contributed by atoms with van der Waals surface area (Å²) in [6, 6.07) is 8.99. The molecule has 1 amide bonds. The average Bonchev–Trinajstić information content (AvgIpc) is 3.04. The smallest absolute Gasteiger partial charge is 0.290 e. The lowest BCUT2D eigenvalue weighted by atomic mass is 10.1. The SMILES string of the molecule is CCCN(CC(F)F)C(=O)c1oc2ccccc2c1CSc1ncccn1. The van der Waals surface area contributed by atoms with E-state index in [1.165, 1.54) is 11.8 Å². The molecule has 0 N–H and O–H groups in total. The van der Waals surface area contributed by atoms with Crippen molar-refractivity contribution < 1.29 is 18.0 Å². The van der Waals surface area contributed by atoms with Crippen molar-refractivity contribution in [2.45, 2.75) is 30.7 Å². The molecule has 2 heterocycles. The third-order valence-electron chi connectivity index (χ3n) is 3.92. The lowest BCUT2D eigenvalue weighted by Gasteiger charge is -2.21. The fourth-order valence-electron chi connectivity index (χ4n) is 2.77. The molecule has 142 valence electrons. The quantitative estimate of drug-likeness (QED) is 0.414. The van der Waals surface area contributed by atoms with E-state index in [1.807, 2.05) is 19.1 Å². The number of para-hydroxylation sites is 1. The third-order valence-corrected chi connectivity index (χ3v) is 4.82. The predicted octanol–water partition coefficient (Wildman–Crippen LogP) is 4.63. The number of carbonyl (C=O) groups excluding carboxylic acids is 1. The van der Waals surface area contributed by atoms with Crippen molar-refractivity contribution in [3.05, 3.63) is 54.0 Å². The predicted molar refractivity (Wildman–Crippen MR) is 100 cm³/mol. The molecule has 5 nitrogen and oxygen atoms in total. The number of aromatic nitrogens is 2. The van der Waals surface area contributed by atoms with E-state index < -0.39 is 18.9 Å². The Kier molecular flexibility index (Phi) is 6.39. The number of hydrogen-bond donors (Lipinski definition) is 0. The van der Waals surface area contributed by atoms with E-state index in [2.05, 4.69) is 9.97 Å². The van der Waals surface area contributed by atoms with Gasteiger partial charge in [-0.25, -0.2) is 18.7 Å². The van der Waals surface area contributed by atoms with Gasteiger partial charge in [-0.3, -0.25) is 4.79 Å². The van der Waals surface area contributed by atoms with Crippen LogP contribution < -0.4 is 0 Å². The fraction of sp³-hybridized carbons (Fsp3) is 0.316. The number of benzene rings is 1. The summed E-state index contributed by atoms with van der Waals surface area (Å²) in [6.45, 7) is 1.47. The van der Waals surface area contributed by atoms with E-state index in [4.69, 9.17) is 4.42 Å². The standard InChI is InChI=1S/C19H19F2N3O2S/c1-2-10-24(11-16(20)21)18(25)17-14(12-27-19-22-8-5-9-23-19)13-6-3-4-7-15(13)26-17/h3-9,16H,2,10-12H2,1H3. The molecule has 0 aliphatic heterocycles. The Hall–Kier alpha value is -2.48. The van der Waals surface area contributed by atoms with Crippen molar-refractivity contribution >= 4 is 28.6 Å². The summed E-state index contributed by atoms with van der Waals surface area (Å²) in [4.78, 5) is 22.4. The Labute approximate surface area is 159 Å². The number of nitrogens with zero attached hydrogens (tertiary/aromatic N) is 3. The van der Waals surface area contributed by atoms with Crippen LogP contribution in [0.2, 0.25) is 0 Å². The van der Waals surface area contributed by atoms with Gasteiger partial charge in [-0.15, -0.1) is 0 Å². The number of thioether (sulfide) groups is 1. The normalized spacial score (nSPS) is 11.3. The number of halogens is 2. The molecule has 0 aliphatic carbocycles. The maximum absolute atomic E-state index is 12.9. The molecule has 0 bridgehead atoms. The second-order valence-corrected chi connectivity index (χ2v) is 6.81. The number of hydrogen-bond acceptors (Lipinski definition) is 5. The molecule has 0 radical (unpaired) electrons. The van der Waals surface area contributed by atoms with Crippen LogP contribution in [0.5, 0.6) is 0 Å². The number of amides is 1. The summed E-state index contributed by atoms with van der Waals surface area (Å²) in [6.07, 6.45) is 1.27. The summed E-state index contributed by atoms with van der Waals surface area (Å²) in [5.41, 5.74) is 1.22. The molecule has 1 aromatic carbocycles. The van der Waals surface area contributed by atoms with Gasteiger partial charge in [0.05, 0.1) is 6.54 Å². The van der Waals surface area contributed by atoms with Crippen LogP contribution in [0.4, 0.5) is 8.78 Å². The maximum atomic E-state index is 12.9. The Morgan fingerprint density at radius 2 is 1.96 bits per heavy atom. The lowest BCUT2D eigenvalue weighted by Crippen LogP contribution is -2.36. The Balaban J connectivity index is 1.94. The first-order chi connectivity index (χ1) is 13.1. The molecule has 2 aromatic heterocycles. The molecule has 0 saturated heterocycles. The van der Waals surface area contributed by atoms with Crippen LogP contribution >= 0.6 is 11.8 Å². The average molecular weight is 391 g/mol. The number of carbonyl (C=O) groups is 1. The van der Waals surface area contributed by atoms with Gasteiger partial charge in [-0.05, 0) is 18.6 Å². The van der Waals surface area contributed by atoms with Crippen molar-refractivity contribution in [2.75, 3.05) is 13.1 Å². The van der Waals surface area contributed by atoms with E-state index in [0.717, 1.165) is 10.3 Å². The van der Waals surface area contributed by atoms with Gasteiger partial charge < -0.3 is 9.32 Å². The molecule has 3 rings (SSSR count). The van der Waals surface area contributed by atoms with E-state index in [-0.39, 0.29) is 12.3 Å². The molecule has 0 spiro atoms. The van der Waals surface area contributed by atoms with Gasteiger partial charge in [-0.1, -0.05) is 36.9 Å². The highest BCUT2D eigenvalue weighted by atomic mass is 32.2. The minimum absolute atomic E-state index is 0.105. The lowest BCUT2D eigenvalue weighted by molar-refractivity contribution is 0.0529. The van der Waals surface area contributed by atoms with Gasteiger partial charge in [-0.2, -0.15) is 0 Å². The van der Waals surface area contributed by atoms with Crippen LogP contribution in [0, 0.1) is 0 Å². The van der Waals surface area contributed by atoms with Crippen LogP contribution in [0.15, 0.2) is 52.3 Å². The number of rotatable bonds is 8. The molecule has 0 unspecified atom stereocenters. The summed E-state index contributed by atoms with van der Waals surface area (Å²) in [5, 5.41) is 1.36. The first kappa shape index (κ1) is 19.3. The number of fused-ring (bicyclic) bond motifs is 1. The molecule has 3 aromatic rings. The fourth-order valence-corrected chi connectivity index (χ4v) is 3.60. The van der Waals surface area contributed by atoms with Gasteiger partial charge in [0.2, 0.25) is 0 Å². The van der Waals surface area contributed by atoms with Crippen LogP contribution in [0.25, 0.3) is 11.0 Å². The first-order valence-electron chi connectivity index (χ1n) is 8.57. The van der Waals surface area contributed by atoms with Gasteiger partial charge in [0, 0.05) is 35.6 Å². The monoisotopic (exact) mass is 391 g/mol. The maximum Gasteiger partial charge on any atom is 0.290 e. The van der Waals surface area contributed by atoms with E-state index in [9.17, 15) is 13.6 Å². The minimum Gasteiger partial charge on any atom is -0.451 e. The second kappa shape index (κ2) is 8.94. The van der Waals surface area contributed by atoms with Crippen molar-refractivity contribution in [1.29, 1.82) is 0 Å². The third kappa shape index (κ3) is 4.63. The van der Waals surface area contributed by atoms with Gasteiger partial charge in [0.15, 0.2) is 10.9 Å². The van der Waals surface area contributed by atoms with E-state index in [0.29, 0.717) is 28.5 Å². The summed E-state index contributed by atoms with van der Waals surface area (Å²) in [7, 11) is 0. The molecule has 27 heavy (non-hydrogen) atoms. The van der Waals surface area contributed by atoms with Crippen molar-refractivity contribution in [2.24, 2.45) is 0 Å². The highest BCUT2D eigenvalue weighted by Gasteiger charge is 2.26. The van der Waals surface area contributed by atoms with Gasteiger partial charge in [0.1, 0.15) is 5.58 Å². The molecular formula is C19H19F2N3O2S. The zero-order valence-corrected chi connectivity index (χ0v) is 15.6. The largest absolute Gasteiger partial charge is 0.451 e. The summed E-state index contributed by atoms with van der Waals surface area (Å²) >= 11 is 1.36. The molecule has 8 heteroatoms. The van der Waals surface area contributed by atoms with Gasteiger partial charge in [0.25, 0.3) is 12.3 Å². The van der Waals surface area contributed by atoms with Crippen LogP contribution in [-0.4, -0.2) is 40.3 Å². The molecular weight excluding hydrogens is 372 g/mol. The van der Waals surface area contributed by atoms with Crippen molar-refractivity contribution in [1.82, 2.24) is 14.9 Å². The number of furan rings is 1. The zero-order valence-electron chi connectivity index (χ0n) is 14.8. The Morgan fingerprint density at radius 1 is 1.22 bits per heavy atom. The Bertz CT molecular complexity index is 902. The zero-order chi connectivity index (χ0) is 19.2. The van der Waals surface area contributed by atoms with Gasteiger partial charge >= 0.3 is 0 Å². The Morgan fingerprint density at radius 3 is 2.67 bits per heavy atom. The van der Waals surface area contributed by atoms with Crippen LogP contribution in [-0.2, 0) is 5.75 Å². The highest BCUT2D eigenvalue weighted by molar-refractivity contribution is 7.98.